The molecule has 5 nitrogen and oxygen atoms in total. The van der Waals surface area contributed by atoms with Crippen LogP contribution in [0.3, 0.4) is 0 Å². The standard InChI is InChI=1S/C18H13ClN4OS/c19-14-9-20-23(11-14)10-12-5-7-13(8-6-12)17(24)22-18-21-15-3-1-2-4-16(15)25-18/h1-9,11H,10H2,(H,21,22,24). The first-order valence-electron chi connectivity index (χ1n) is 7.61. The Balaban J connectivity index is 1.46. The average Bonchev–Trinajstić information content (AvgIpc) is 3.20. The number of nitrogens with one attached hydrogen (secondary N) is 1. The van der Waals surface area contributed by atoms with Crippen molar-refractivity contribution < 1.29 is 4.79 Å². The molecule has 0 saturated heterocycles. The molecule has 0 saturated carbocycles. The monoisotopic (exact) mass is 368 g/mol. The first-order chi connectivity index (χ1) is 12.2. The van der Waals surface area contributed by atoms with Gasteiger partial charge < -0.3 is 0 Å². The number of thiazole rings is 1. The van der Waals surface area contributed by atoms with Gasteiger partial charge in [0.1, 0.15) is 0 Å². The highest BCUT2D eigenvalue weighted by Crippen LogP contribution is 2.25. The van der Waals surface area contributed by atoms with Gasteiger partial charge in [-0.3, -0.25) is 14.8 Å². The number of carbonyl (C=O) groups excluding carboxylic acids is 1. The fourth-order valence-corrected chi connectivity index (χ4v) is 3.49. The fourth-order valence-electron chi connectivity index (χ4n) is 2.47. The Hall–Kier alpha value is -2.70. The number of carbonyl (C=O) groups is 1. The van der Waals surface area contributed by atoms with Crippen molar-refractivity contribution in [2.75, 3.05) is 5.32 Å². The highest BCUT2D eigenvalue weighted by molar-refractivity contribution is 7.22. The van der Waals surface area contributed by atoms with Gasteiger partial charge in [-0.25, -0.2) is 4.98 Å². The van der Waals surface area contributed by atoms with Crippen LogP contribution in [-0.4, -0.2) is 20.7 Å². The fraction of sp³-hybridized carbons (Fsp3) is 0.0556. The van der Waals surface area contributed by atoms with Crippen molar-refractivity contribution in [3.05, 3.63) is 77.1 Å². The maximum atomic E-state index is 12.4. The molecule has 0 bridgehead atoms. The lowest BCUT2D eigenvalue weighted by Crippen LogP contribution is -2.11. The number of anilines is 1. The average molecular weight is 369 g/mol. The number of aromatic nitrogens is 3. The second-order valence-electron chi connectivity index (χ2n) is 5.49. The number of hydrogen-bond acceptors (Lipinski definition) is 4. The van der Waals surface area contributed by atoms with Crippen LogP contribution in [0, 0.1) is 0 Å². The third kappa shape index (κ3) is 3.55. The van der Waals surface area contributed by atoms with Gasteiger partial charge in [0.15, 0.2) is 5.13 Å². The summed E-state index contributed by atoms with van der Waals surface area (Å²) < 4.78 is 2.80. The Morgan fingerprint density at radius 3 is 2.68 bits per heavy atom. The van der Waals surface area contributed by atoms with E-state index in [0.29, 0.717) is 22.3 Å². The van der Waals surface area contributed by atoms with Crippen molar-refractivity contribution >= 4 is 44.2 Å². The molecule has 0 radical (unpaired) electrons. The Kier molecular flexibility index (Phi) is 4.21. The van der Waals surface area contributed by atoms with Crippen LogP contribution in [0.4, 0.5) is 5.13 Å². The van der Waals surface area contributed by atoms with Gasteiger partial charge in [-0.15, -0.1) is 0 Å². The van der Waals surface area contributed by atoms with Crippen molar-refractivity contribution in [1.29, 1.82) is 0 Å². The molecule has 1 amide bonds. The van der Waals surface area contributed by atoms with E-state index in [-0.39, 0.29) is 5.91 Å². The van der Waals surface area contributed by atoms with E-state index < -0.39 is 0 Å². The highest BCUT2D eigenvalue weighted by atomic mass is 35.5. The smallest absolute Gasteiger partial charge is 0.257 e. The minimum absolute atomic E-state index is 0.173. The quantitative estimate of drug-likeness (QED) is 0.579. The Bertz CT molecular complexity index is 1010. The molecular weight excluding hydrogens is 356 g/mol. The van der Waals surface area contributed by atoms with Gasteiger partial charge in [-0.05, 0) is 29.8 Å². The van der Waals surface area contributed by atoms with Crippen LogP contribution in [0.25, 0.3) is 10.2 Å². The second-order valence-corrected chi connectivity index (χ2v) is 6.96. The highest BCUT2D eigenvalue weighted by Gasteiger charge is 2.10. The predicted octanol–water partition coefficient (Wildman–Crippen LogP) is 4.45. The number of hydrogen-bond donors (Lipinski definition) is 1. The van der Waals surface area contributed by atoms with Gasteiger partial charge in [0.25, 0.3) is 5.91 Å². The molecule has 4 rings (SSSR count). The molecule has 2 heterocycles. The van der Waals surface area contributed by atoms with Crippen LogP contribution in [0.1, 0.15) is 15.9 Å². The van der Waals surface area contributed by atoms with Crippen LogP contribution in [0.15, 0.2) is 60.9 Å². The molecule has 2 aromatic heterocycles. The number of para-hydroxylation sites is 1. The number of halogens is 1. The zero-order valence-corrected chi connectivity index (χ0v) is 14.6. The maximum Gasteiger partial charge on any atom is 0.257 e. The molecule has 7 heteroatoms. The van der Waals surface area contributed by atoms with Gasteiger partial charge in [0, 0.05) is 11.8 Å². The Morgan fingerprint density at radius 2 is 1.96 bits per heavy atom. The van der Waals surface area contributed by atoms with E-state index in [1.807, 2.05) is 36.4 Å². The number of amides is 1. The second kappa shape index (κ2) is 6.66. The number of rotatable bonds is 4. The molecular formula is C18H13ClN4OS. The van der Waals surface area contributed by atoms with Crippen LogP contribution >= 0.6 is 22.9 Å². The molecule has 0 atom stereocenters. The summed E-state index contributed by atoms with van der Waals surface area (Å²) >= 11 is 7.32. The summed E-state index contributed by atoms with van der Waals surface area (Å²) in [4.78, 5) is 16.8. The third-order valence-electron chi connectivity index (χ3n) is 3.68. The summed E-state index contributed by atoms with van der Waals surface area (Å²) in [5.74, 6) is -0.173. The third-order valence-corrected chi connectivity index (χ3v) is 4.82. The van der Waals surface area contributed by atoms with Crippen LogP contribution in [-0.2, 0) is 6.54 Å². The van der Waals surface area contributed by atoms with E-state index >= 15 is 0 Å². The lowest BCUT2D eigenvalue weighted by atomic mass is 10.1. The molecule has 25 heavy (non-hydrogen) atoms. The SMILES string of the molecule is O=C(Nc1nc2ccccc2s1)c1ccc(Cn2cc(Cl)cn2)cc1. The molecule has 2 aromatic carbocycles. The lowest BCUT2D eigenvalue weighted by Gasteiger charge is -2.04. The van der Waals surface area contributed by atoms with Gasteiger partial charge in [-0.1, -0.05) is 47.2 Å². The molecule has 0 spiro atoms. The summed E-state index contributed by atoms with van der Waals surface area (Å²) in [5, 5.41) is 8.20. The minimum Gasteiger partial charge on any atom is -0.298 e. The summed E-state index contributed by atoms with van der Waals surface area (Å²) in [6.07, 6.45) is 3.36. The molecule has 4 aromatic rings. The maximum absolute atomic E-state index is 12.4. The van der Waals surface area contributed by atoms with Gasteiger partial charge in [-0.2, -0.15) is 5.10 Å². The molecule has 0 aliphatic rings. The van der Waals surface area contributed by atoms with Crippen molar-refractivity contribution in [3.63, 3.8) is 0 Å². The van der Waals surface area contributed by atoms with Crippen LogP contribution in [0.2, 0.25) is 5.02 Å². The van der Waals surface area contributed by atoms with Crippen molar-refractivity contribution in [3.8, 4) is 0 Å². The zero-order chi connectivity index (χ0) is 17.2. The summed E-state index contributed by atoms with van der Waals surface area (Å²) in [6, 6.07) is 15.2. The van der Waals surface area contributed by atoms with E-state index in [0.717, 1.165) is 15.8 Å². The largest absolute Gasteiger partial charge is 0.298 e. The number of fused-ring (bicyclic) bond motifs is 1. The van der Waals surface area contributed by atoms with E-state index in [2.05, 4.69) is 15.4 Å². The summed E-state index contributed by atoms with van der Waals surface area (Å²) in [7, 11) is 0. The van der Waals surface area contributed by atoms with Crippen LogP contribution < -0.4 is 5.32 Å². The summed E-state index contributed by atoms with van der Waals surface area (Å²) in [6.45, 7) is 0.604. The predicted molar refractivity (Wildman–Crippen MR) is 100 cm³/mol. The molecule has 124 valence electrons. The molecule has 0 aliphatic heterocycles. The number of nitrogens with zero attached hydrogens (tertiary/aromatic N) is 3. The first kappa shape index (κ1) is 15.8. The van der Waals surface area contributed by atoms with Gasteiger partial charge in [0.05, 0.1) is 28.0 Å². The zero-order valence-electron chi connectivity index (χ0n) is 13.0. The normalized spacial score (nSPS) is 10.9. The Labute approximate surface area is 152 Å². The van der Waals surface area contributed by atoms with Gasteiger partial charge in [0.2, 0.25) is 0 Å². The lowest BCUT2D eigenvalue weighted by molar-refractivity contribution is 0.102. The van der Waals surface area contributed by atoms with Crippen molar-refractivity contribution in [2.24, 2.45) is 0 Å². The first-order valence-corrected chi connectivity index (χ1v) is 8.81. The molecule has 0 aliphatic carbocycles. The van der Waals surface area contributed by atoms with E-state index in [4.69, 9.17) is 11.6 Å². The van der Waals surface area contributed by atoms with Crippen molar-refractivity contribution in [1.82, 2.24) is 14.8 Å². The topological polar surface area (TPSA) is 59.8 Å². The van der Waals surface area contributed by atoms with Crippen LogP contribution in [0.5, 0.6) is 0 Å². The summed E-state index contributed by atoms with van der Waals surface area (Å²) in [5.41, 5.74) is 2.51. The van der Waals surface area contributed by atoms with Crippen molar-refractivity contribution in [2.45, 2.75) is 6.54 Å². The van der Waals surface area contributed by atoms with E-state index in [1.54, 1.807) is 29.2 Å². The van der Waals surface area contributed by atoms with E-state index in [1.165, 1.54) is 11.3 Å². The van der Waals surface area contributed by atoms with Gasteiger partial charge >= 0.3 is 0 Å². The Morgan fingerprint density at radius 1 is 1.16 bits per heavy atom. The molecule has 0 unspecified atom stereocenters. The molecule has 1 N–H and O–H groups in total. The minimum atomic E-state index is -0.173. The van der Waals surface area contributed by atoms with E-state index in [9.17, 15) is 4.79 Å². The number of benzene rings is 2. The molecule has 0 fully saturated rings.